The molecule has 0 bridgehead atoms. The van der Waals surface area contributed by atoms with Crippen LogP contribution in [0.5, 0.6) is 0 Å². The monoisotopic (exact) mass is 200 g/mol. The highest BCUT2D eigenvalue weighted by molar-refractivity contribution is 6.20. The number of azo groups is 1. The molecule has 0 atom stereocenters. The summed E-state index contributed by atoms with van der Waals surface area (Å²) in [5, 5.41) is 6.65. The topological polar surface area (TPSA) is 58.9 Å². The highest BCUT2D eigenvalue weighted by Gasteiger charge is 2.21. The number of nitrogens with zero attached hydrogens (tertiary/aromatic N) is 2. The second-order valence-corrected chi connectivity index (χ2v) is 3.15. The third kappa shape index (κ3) is 2.04. The van der Waals surface area contributed by atoms with Crippen molar-refractivity contribution in [3.8, 4) is 0 Å². The number of hydrogen-bond donors (Lipinski definition) is 0. The fourth-order valence-electron chi connectivity index (χ4n) is 1.32. The molecule has 4 heteroatoms. The number of carbonyl (C=O) groups is 2. The molecule has 0 aromatic heterocycles. The summed E-state index contributed by atoms with van der Waals surface area (Å²) in [6.45, 7) is 0. The molecule has 2 rings (SSSR count). The van der Waals surface area contributed by atoms with Gasteiger partial charge in [-0.05, 0) is 5.56 Å². The van der Waals surface area contributed by atoms with Gasteiger partial charge in [0.25, 0.3) is 0 Å². The Morgan fingerprint density at radius 2 is 1.93 bits per heavy atom. The van der Waals surface area contributed by atoms with Gasteiger partial charge < -0.3 is 0 Å². The minimum atomic E-state index is -0.545. The molecule has 0 fully saturated rings. The van der Waals surface area contributed by atoms with Gasteiger partial charge in [0.15, 0.2) is 5.78 Å². The predicted octanol–water partition coefficient (Wildman–Crippen LogP) is 1.67. The first-order valence-electron chi connectivity index (χ1n) is 4.50. The quantitative estimate of drug-likeness (QED) is 0.697. The number of benzene rings is 1. The van der Waals surface area contributed by atoms with Gasteiger partial charge in [0.1, 0.15) is 5.57 Å². The van der Waals surface area contributed by atoms with Crippen molar-refractivity contribution in [2.24, 2.45) is 10.2 Å². The van der Waals surface area contributed by atoms with E-state index >= 15 is 0 Å². The average molecular weight is 200 g/mol. The Morgan fingerprint density at radius 1 is 1.20 bits per heavy atom. The van der Waals surface area contributed by atoms with E-state index in [2.05, 4.69) is 10.2 Å². The van der Waals surface area contributed by atoms with Crippen LogP contribution in [0.1, 0.15) is 5.56 Å². The van der Waals surface area contributed by atoms with Crippen molar-refractivity contribution in [3.05, 3.63) is 47.7 Å². The van der Waals surface area contributed by atoms with Crippen LogP contribution in [0.3, 0.4) is 0 Å². The summed E-state index contributed by atoms with van der Waals surface area (Å²) >= 11 is 0. The fourth-order valence-corrected chi connectivity index (χ4v) is 1.32. The van der Waals surface area contributed by atoms with Gasteiger partial charge in [-0.25, -0.2) is 0 Å². The maximum Gasteiger partial charge on any atom is 0.300 e. The van der Waals surface area contributed by atoms with Crippen LogP contribution < -0.4 is 0 Å². The Morgan fingerprint density at radius 3 is 2.53 bits per heavy atom. The molecule has 0 saturated heterocycles. The molecule has 0 radical (unpaired) electrons. The summed E-state index contributed by atoms with van der Waals surface area (Å²) < 4.78 is 0. The molecule has 1 aromatic rings. The molecular weight excluding hydrogens is 192 g/mol. The Balaban J connectivity index is 2.09. The van der Waals surface area contributed by atoms with Crippen molar-refractivity contribution in [1.29, 1.82) is 0 Å². The van der Waals surface area contributed by atoms with E-state index in [1.807, 2.05) is 30.3 Å². The van der Waals surface area contributed by atoms with Crippen LogP contribution in [0.15, 0.2) is 52.3 Å². The van der Waals surface area contributed by atoms with Gasteiger partial charge in [-0.15, -0.1) is 5.11 Å². The van der Waals surface area contributed by atoms with E-state index in [1.54, 1.807) is 0 Å². The Kier molecular flexibility index (Phi) is 2.49. The lowest BCUT2D eigenvalue weighted by Crippen LogP contribution is -2.11. The number of ketones is 1. The van der Waals surface area contributed by atoms with Crippen LogP contribution in [0.2, 0.25) is 0 Å². The Bertz CT molecular complexity index is 461. The zero-order chi connectivity index (χ0) is 10.7. The van der Waals surface area contributed by atoms with Crippen LogP contribution in [0.25, 0.3) is 0 Å². The SMILES string of the molecule is O=C(Cc1ccccc1)C1=CN=NC1=O. The minimum Gasteiger partial charge on any atom is -0.294 e. The van der Waals surface area contributed by atoms with E-state index in [4.69, 9.17) is 0 Å². The lowest BCUT2D eigenvalue weighted by molar-refractivity contribution is -0.120. The lowest BCUT2D eigenvalue weighted by atomic mass is 10.0. The maximum atomic E-state index is 11.6. The van der Waals surface area contributed by atoms with Gasteiger partial charge in [0.2, 0.25) is 0 Å². The lowest BCUT2D eigenvalue weighted by Gasteiger charge is -1.98. The summed E-state index contributed by atoms with van der Waals surface area (Å²) in [7, 11) is 0. The van der Waals surface area contributed by atoms with E-state index in [9.17, 15) is 9.59 Å². The van der Waals surface area contributed by atoms with E-state index in [-0.39, 0.29) is 17.8 Å². The molecule has 1 aromatic carbocycles. The van der Waals surface area contributed by atoms with Crippen molar-refractivity contribution in [1.82, 2.24) is 0 Å². The number of Topliss-reactive ketones (excluding diaryl/α,β-unsaturated/α-hetero) is 1. The van der Waals surface area contributed by atoms with Gasteiger partial charge in [0.05, 0.1) is 6.20 Å². The maximum absolute atomic E-state index is 11.6. The average Bonchev–Trinajstić information content (AvgIpc) is 2.66. The van der Waals surface area contributed by atoms with Crippen molar-refractivity contribution in [3.63, 3.8) is 0 Å². The molecule has 4 nitrogen and oxygen atoms in total. The first-order valence-corrected chi connectivity index (χ1v) is 4.50. The molecule has 1 aliphatic heterocycles. The predicted molar refractivity (Wildman–Crippen MR) is 53.1 cm³/mol. The zero-order valence-corrected chi connectivity index (χ0v) is 7.88. The molecule has 1 heterocycles. The van der Waals surface area contributed by atoms with Gasteiger partial charge >= 0.3 is 5.91 Å². The normalized spacial score (nSPS) is 14.1. The van der Waals surface area contributed by atoms with Crippen LogP contribution in [0.4, 0.5) is 0 Å². The van der Waals surface area contributed by atoms with Crippen LogP contribution in [-0.2, 0) is 16.0 Å². The summed E-state index contributed by atoms with van der Waals surface area (Å²) in [4.78, 5) is 22.7. The Hall–Kier alpha value is -2.10. The van der Waals surface area contributed by atoms with Crippen molar-refractivity contribution < 1.29 is 9.59 Å². The first kappa shape index (κ1) is 9.45. The van der Waals surface area contributed by atoms with E-state index in [0.29, 0.717) is 0 Å². The number of hydrogen-bond acceptors (Lipinski definition) is 3. The number of amides is 1. The summed E-state index contributed by atoms with van der Waals surface area (Å²) in [5.41, 5.74) is 0.946. The van der Waals surface area contributed by atoms with E-state index in [0.717, 1.165) is 5.56 Å². The van der Waals surface area contributed by atoms with Gasteiger partial charge in [-0.3, -0.25) is 9.59 Å². The molecule has 0 aliphatic carbocycles. The fraction of sp³-hybridized carbons (Fsp3) is 0.0909. The zero-order valence-electron chi connectivity index (χ0n) is 7.88. The molecule has 1 aliphatic rings. The minimum absolute atomic E-state index is 0.0684. The second kappa shape index (κ2) is 3.96. The third-order valence-corrected chi connectivity index (χ3v) is 2.07. The summed E-state index contributed by atoms with van der Waals surface area (Å²) in [5.74, 6) is -0.785. The second-order valence-electron chi connectivity index (χ2n) is 3.15. The molecule has 0 saturated carbocycles. The molecule has 15 heavy (non-hydrogen) atoms. The van der Waals surface area contributed by atoms with Gasteiger partial charge in [-0.2, -0.15) is 5.11 Å². The van der Waals surface area contributed by atoms with E-state index in [1.165, 1.54) is 6.20 Å². The van der Waals surface area contributed by atoms with Crippen molar-refractivity contribution in [2.45, 2.75) is 6.42 Å². The molecule has 0 N–H and O–H groups in total. The molecule has 74 valence electrons. The highest BCUT2D eigenvalue weighted by atomic mass is 16.2. The molecule has 1 amide bonds. The molecule has 0 spiro atoms. The van der Waals surface area contributed by atoms with Crippen molar-refractivity contribution in [2.75, 3.05) is 0 Å². The summed E-state index contributed by atoms with van der Waals surface area (Å²) in [6.07, 6.45) is 1.43. The highest BCUT2D eigenvalue weighted by Crippen LogP contribution is 2.11. The first-order chi connectivity index (χ1) is 7.27. The van der Waals surface area contributed by atoms with Crippen LogP contribution in [-0.4, -0.2) is 11.7 Å². The van der Waals surface area contributed by atoms with Crippen molar-refractivity contribution >= 4 is 11.7 Å². The number of carbonyl (C=O) groups excluding carboxylic acids is 2. The number of rotatable bonds is 3. The van der Waals surface area contributed by atoms with Crippen LogP contribution >= 0.6 is 0 Å². The third-order valence-electron chi connectivity index (χ3n) is 2.07. The van der Waals surface area contributed by atoms with Crippen LogP contribution in [0, 0.1) is 0 Å². The Labute approximate surface area is 86.3 Å². The molecule has 0 unspecified atom stereocenters. The summed E-state index contributed by atoms with van der Waals surface area (Å²) in [6, 6.07) is 9.25. The molecular formula is C11H8N2O2. The van der Waals surface area contributed by atoms with Gasteiger partial charge in [0, 0.05) is 6.42 Å². The largest absolute Gasteiger partial charge is 0.300 e. The van der Waals surface area contributed by atoms with E-state index < -0.39 is 5.91 Å². The van der Waals surface area contributed by atoms with Gasteiger partial charge in [-0.1, -0.05) is 30.3 Å². The smallest absolute Gasteiger partial charge is 0.294 e. The standard InChI is InChI=1S/C11H8N2O2/c14-10(9-7-12-13-11(9)15)6-8-4-2-1-3-5-8/h1-5,7H,6H2.